The molecule has 202 valence electrons. The van der Waals surface area contributed by atoms with Crippen LogP contribution < -0.4 is 0 Å². The first-order chi connectivity index (χ1) is 16.5. The number of fused-ring (bicyclic) bond motifs is 7. The van der Waals surface area contributed by atoms with Gasteiger partial charge < -0.3 is 20.4 Å². The molecule has 4 N–H and O–H groups in total. The largest absolute Gasteiger partial charge is 0.481 e. The lowest BCUT2D eigenvalue weighted by molar-refractivity contribution is -0.239. The van der Waals surface area contributed by atoms with E-state index in [9.17, 15) is 30.0 Å². The number of rotatable bonds is 2. The predicted octanol–water partition coefficient (Wildman–Crippen LogP) is 5.27. The molecule has 0 radical (unpaired) electrons. The van der Waals surface area contributed by atoms with Crippen LogP contribution in [0.15, 0.2) is 11.6 Å². The lowest BCUT2D eigenvalue weighted by Crippen LogP contribution is -2.68. The van der Waals surface area contributed by atoms with Crippen molar-refractivity contribution in [1.29, 1.82) is 0 Å². The first-order valence-electron chi connectivity index (χ1n) is 14.0. The van der Waals surface area contributed by atoms with Crippen molar-refractivity contribution in [3.8, 4) is 0 Å². The van der Waals surface area contributed by atoms with Crippen molar-refractivity contribution in [1.82, 2.24) is 0 Å². The average Bonchev–Trinajstić information content (AvgIpc) is 2.77. The Labute approximate surface area is 215 Å². The van der Waals surface area contributed by atoms with E-state index in [4.69, 9.17) is 0 Å². The van der Waals surface area contributed by atoms with Crippen molar-refractivity contribution in [2.24, 2.45) is 50.2 Å². The summed E-state index contributed by atoms with van der Waals surface area (Å²) in [6, 6.07) is 0. The van der Waals surface area contributed by atoms with E-state index in [1.807, 2.05) is 0 Å². The number of allylic oxidation sites excluding steroid dienone is 2. The zero-order chi connectivity index (χ0) is 26.7. The number of hydrogen-bond donors (Lipinski definition) is 4. The van der Waals surface area contributed by atoms with E-state index >= 15 is 0 Å². The van der Waals surface area contributed by atoms with E-state index in [1.165, 1.54) is 5.57 Å². The van der Waals surface area contributed by atoms with Crippen molar-refractivity contribution >= 4 is 11.9 Å². The molecule has 0 aromatic heterocycles. The second-order valence-corrected chi connectivity index (χ2v) is 15.0. The van der Waals surface area contributed by atoms with Gasteiger partial charge in [0.25, 0.3) is 0 Å². The van der Waals surface area contributed by atoms with E-state index in [0.29, 0.717) is 19.3 Å². The van der Waals surface area contributed by atoms with Gasteiger partial charge in [0.05, 0.1) is 23.0 Å². The maximum atomic E-state index is 12.8. The highest BCUT2D eigenvalue weighted by Gasteiger charge is 2.71. The molecular formula is C30H46O6. The summed E-state index contributed by atoms with van der Waals surface area (Å²) < 4.78 is 0. The van der Waals surface area contributed by atoms with Crippen molar-refractivity contribution in [2.45, 2.75) is 112 Å². The van der Waals surface area contributed by atoms with Gasteiger partial charge in [0, 0.05) is 0 Å². The van der Waals surface area contributed by atoms with E-state index in [2.05, 4.69) is 40.7 Å². The SMILES string of the molecule is CC1(C)CC[C@]2(C(=O)O)CC[C@]3(C)C(=CC[C@@H]4[C@@]5(C)C[C@H](O)[C@H](O)[C@@](C)(C(=O)O)[C@@H]5CC[C@]43C)[C@@H]2C1. The molecule has 5 aliphatic carbocycles. The fraction of sp³-hybridized carbons (Fsp3) is 0.867. The van der Waals surface area contributed by atoms with Crippen molar-refractivity contribution in [3.05, 3.63) is 11.6 Å². The number of aliphatic hydroxyl groups excluding tert-OH is 2. The summed E-state index contributed by atoms with van der Waals surface area (Å²) in [6.45, 7) is 13.0. The number of aliphatic carboxylic acids is 2. The first-order valence-corrected chi connectivity index (χ1v) is 14.0. The van der Waals surface area contributed by atoms with Crippen LogP contribution in [0.2, 0.25) is 0 Å². The van der Waals surface area contributed by atoms with E-state index in [0.717, 1.165) is 38.5 Å². The Balaban J connectivity index is 1.62. The molecule has 5 aliphatic rings. The minimum Gasteiger partial charge on any atom is -0.481 e. The molecule has 0 aromatic carbocycles. The van der Waals surface area contributed by atoms with Gasteiger partial charge in [0.15, 0.2) is 0 Å². The molecule has 0 heterocycles. The minimum atomic E-state index is -1.39. The maximum absolute atomic E-state index is 12.8. The van der Waals surface area contributed by atoms with Crippen LogP contribution in [0.1, 0.15) is 99.3 Å². The molecular weight excluding hydrogens is 456 g/mol. The number of carboxylic acids is 2. The molecule has 0 aromatic rings. The van der Waals surface area contributed by atoms with Crippen LogP contribution in [-0.2, 0) is 9.59 Å². The highest BCUT2D eigenvalue weighted by Crippen LogP contribution is 2.75. The van der Waals surface area contributed by atoms with Gasteiger partial charge in [-0.1, -0.05) is 46.3 Å². The second kappa shape index (κ2) is 7.59. The van der Waals surface area contributed by atoms with Crippen molar-refractivity contribution < 1.29 is 30.0 Å². The molecule has 0 spiro atoms. The normalized spacial score (nSPS) is 53.7. The van der Waals surface area contributed by atoms with Crippen molar-refractivity contribution in [3.63, 3.8) is 0 Å². The number of aliphatic hydroxyl groups is 2. The Morgan fingerprint density at radius 2 is 1.47 bits per heavy atom. The van der Waals surface area contributed by atoms with Crippen LogP contribution in [0.4, 0.5) is 0 Å². The summed E-state index contributed by atoms with van der Waals surface area (Å²) in [5.41, 5.74) is -1.36. The molecule has 4 saturated carbocycles. The van der Waals surface area contributed by atoms with Gasteiger partial charge in [0.2, 0.25) is 0 Å². The quantitative estimate of drug-likeness (QED) is 0.383. The molecule has 0 aliphatic heterocycles. The van der Waals surface area contributed by atoms with E-state index in [-0.39, 0.29) is 34.0 Å². The van der Waals surface area contributed by atoms with E-state index in [1.54, 1.807) is 6.92 Å². The fourth-order valence-corrected chi connectivity index (χ4v) is 10.7. The number of hydrogen-bond acceptors (Lipinski definition) is 4. The smallest absolute Gasteiger partial charge is 0.312 e. The summed E-state index contributed by atoms with van der Waals surface area (Å²) in [5, 5.41) is 42.6. The summed E-state index contributed by atoms with van der Waals surface area (Å²) in [7, 11) is 0. The topological polar surface area (TPSA) is 115 Å². The molecule has 0 unspecified atom stereocenters. The lowest BCUT2D eigenvalue weighted by Gasteiger charge is -2.71. The molecule has 36 heavy (non-hydrogen) atoms. The third-order valence-electron chi connectivity index (χ3n) is 13.1. The fourth-order valence-electron chi connectivity index (χ4n) is 10.7. The molecule has 0 amide bonds. The third kappa shape index (κ3) is 2.98. The monoisotopic (exact) mass is 502 g/mol. The zero-order valence-corrected chi connectivity index (χ0v) is 22.9. The van der Waals surface area contributed by atoms with Crippen LogP contribution >= 0.6 is 0 Å². The molecule has 10 atom stereocenters. The van der Waals surface area contributed by atoms with Crippen LogP contribution in [0, 0.1) is 50.2 Å². The maximum Gasteiger partial charge on any atom is 0.312 e. The predicted molar refractivity (Wildman–Crippen MR) is 136 cm³/mol. The molecule has 4 fully saturated rings. The summed E-state index contributed by atoms with van der Waals surface area (Å²) in [6.07, 6.45) is 6.80. The van der Waals surface area contributed by atoms with Crippen molar-refractivity contribution in [2.75, 3.05) is 0 Å². The highest BCUT2D eigenvalue weighted by molar-refractivity contribution is 5.77. The summed E-state index contributed by atoms with van der Waals surface area (Å²) in [4.78, 5) is 25.3. The molecule has 0 bridgehead atoms. The van der Waals surface area contributed by atoms with Gasteiger partial charge in [0.1, 0.15) is 0 Å². The Bertz CT molecular complexity index is 1020. The Morgan fingerprint density at radius 1 is 0.833 bits per heavy atom. The van der Waals surface area contributed by atoms with Crippen LogP contribution in [-0.4, -0.2) is 44.6 Å². The number of carboxylic acid groups (broad SMARTS) is 2. The number of carbonyl (C=O) groups is 2. The van der Waals surface area contributed by atoms with Crippen LogP contribution in [0.3, 0.4) is 0 Å². The minimum absolute atomic E-state index is 0.0314. The summed E-state index contributed by atoms with van der Waals surface area (Å²) in [5.74, 6) is -1.71. The van der Waals surface area contributed by atoms with Crippen LogP contribution in [0.5, 0.6) is 0 Å². The molecule has 6 nitrogen and oxygen atoms in total. The summed E-state index contributed by atoms with van der Waals surface area (Å²) >= 11 is 0. The Hall–Kier alpha value is -1.40. The van der Waals surface area contributed by atoms with Gasteiger partial charge in [-0.15, -0.1) is 0 Å². The average molecular weight is 503 g/mol. The molecule has 6 heteroatoms. The Morgan fingerprint density at radius 3 is 2.08 bits per heavy atom. The van der Waals surface area contributed by atoms with Gasteiger partial charge in [-0.3, -0.25) is 9.59 Å². The van der Waals surface area contributed by atoms with Gasteiger partial charge in [-0.25, -0.2) is 0 Å². The molecule has 0 saturated heterocycles. The van der Waals surface area contributed by atoms with Gasteiger partial charge in [-0.2, -0.15) is 0 Å². The van der Waals surface area contributed by atoms with E-state index < -0.39 is 40.4 Å². The van der Waals surface area contributed by atoms with Gasteiger partial charge in [-0.05, 0) is 104 Å². The second-order valence-electron chi connectivity index (χ2n) is 15.0. The Kier molecular flexibility index (Phi) is 5.53. The van der Waals surface area contributed by atoms with Crippen LogP contribution in [0.25, 0.3) is 0 Å². The standard InChI is InChI=1S/C30H46O6/c1-25(2)11-13-30(24(35)36)14-12-27(4)17(18(30)15-25)7-8-20-26(3)16-19(31)22(32)29(6,23(33)34)21(26)9-10-28(20,27)5/h7,18-22,31-32H,8-16H2,1-6H3,(H,33,34)(H,35,36)/t18-,19-,20+,21+,22-,26+,27+,28+,29-,30-/m0/s1. The lowest BCUT2D eigenvalue weighted by atomic mass is 9.33. The van der Waals surface area contributed by atoms with Gasteiger partial charge >= 0.3 is 11.9 Å². The third-order valence-corrected chi connectivity index (χ3v) is 13.1. The molecule has 5 rings (SSSR count). The highest BCUT2D eigenvalue weighted by atomic mass is 16.4. The zero-order valence-electron chi connectivity index (χ0n) is 22.9. The first kappa shape index (κ1) is 26.2.